The third-order valence-electron chi connectivity index (χ3n) is 5.48. The van der Waals surface area contributed by atoms with Crippen molar-refractivity contribution < 1.29 is 4.79 Å². The fraction of sp³-hybridized carbons (Fsp3) is 0.474. The number of hydrogen-bond acceptors (Lipinski definition) is 4. The summed E-state index contributed by atoms with van der Waals surface area (Å²) in [6, 6.07) is 7.54. The SMILES string of the molecule is Cc1nccc(C[C@H]2CC[C@@H]3CN(C(=O)c4ccccn4)C[C@H]23)n1. The van der Waals surface area contributed by atoms with Gasteiger partial charge in [-0.25, -0.2) is 9.97 Å². The highest BCUT2D eigenvalue weighted by Crippen LogP contribution is 2.43. The predicted octanol–water partition coefficient (Wildman–Crippen LogP) is 2.52. The first-order valence-electron chi connectivity index (χ1n) is 8.69. The van der Waals surface area contributed by atoms with Gasteiger partial charge in [0.15, 0.2) is 0 Å². The average molecular weight is 322 g/mol. The van der Waals surface area contributed by atoms with Crippen LogP contribution in [0.1, 0.15) is 34.8 Å². The molecule has 0 aromatic carbocycles. The first-order chi connectivity index (χ1) is 11.7. The van der Waals surface area contributed by atoms with Crippen molar-refractivity contribution in [2.24, 2.45) is 17.8 Å². The molecule has 1 saturated carbocycles. The molecule has 1 aliphatic heterocycles. The third kappa shape index (κ3) is 2.90. The summed E-state index contributed by atoms with van der Waals surface area (Å²) in [5.74, 6) is 2.74. The molecule has 1 amide bonds. The van der Waals surface area contributed by atoms with Crippen LogP contribution in [0.5, 0.6) is 0 Å². The number of carbonyl (C=O) groups is 1. The second kappa shape index (κ2) is 6.30. The fourth-order valence-corrected chi connectivity index (χ4v) is 4.34. The maximum atomic E-state index is 12.6. The molecule has 0 bridgehead atoms. The van der Waals surface area contributed by atoms with Gasteiger partial charge in [0.1, 0.15) is 11.5 Å². The Hall–Kier alpha value is -2.30. The van der Waals surface area contributed by atoms with Gasteiger partial charge in [-0.2, -0.15) is 0 Å². The van der Waals surface area contributed by atoms with Crippen molar-refractivity contribution in [2.75, 3.05) is 13.1 Å². The van der Waals surface area contributed by atoms with E-state index < -0.39 is 0 Å². The average Bonchev–Trinajstić information content (AvgIpc) is 3.17. The van der Waals surface area contributed by atoms with Crippen LogP contribution in [-0.4, -0.2) is 38.8 Å². The Morgan fingerprint density at radius 3 is 2.88 bits per heavy atom. The van der Waals surface area contributed by atoms with Gasteiger partial charge in [0.2, 0.25) is 0 Å². The molecule has 5 heteroatoms. The largest absolute Gasteiger partial charge is 0.337 e. The zero-order chi connectivity index (χ0) is 16.5. The van der Waals surface area contributed by atoms with Gasteiger partial charge in [0.05, 0.1) is 0 Å². The first kappa shape index (κ1) is 15.2. The number of aryl methyl sites for hydroxylation is 1. The summed E-state index contributed by atoms with van der Waals surface area (Å²) in [7, 11) is 0. The Balaban J connectivity index is 1.44. The number of fused-ring (bicyclic) bond motifs is 1. The van der Waals surface area contributed by atoms with Gasteiger partial charge in [-0.3, -0.25) is 9.78 Å². The lowest BCUT2D eigenvalue weighted by Gasteiger charge is -2.20. The highest BCUT2D eigenvalue weighted by Gasteiger charge is 2.44. The van der Waals surface area contributed by atoms with E-state index in [1.165, 1.54) is 12.8 Å². The van der Waals surface area contributed by atoms with Crippen LogP contribution in [0.3, 0.4) is 0 Å². The zero-order valence-electron chi connectivity index (χ0n) is 13.9. The molecule has 0 radical (unpaired) electrons. The molecule has 1 aliphatic carbocycles. The van der Waals surface area contributed by atoms with Crippen molar-refractivity contribution in [3.8, 4) is 0 Å². The molecule has 0 unspecified atom stereocenters. The van der Waals surface area contributed by atoms with E-state index in [4.69, 9.17) is 0 Å². The Morgan fingerprint density at radius 2 is 2.08 bits per heavy atom. The molecule has 2 aromatic heterocycles. The van der Waals surface area contributed by atoms with Crippen LogP contribution in [0.15, 0.2) is 36.7 Å². The second-order valence-electron chi connectivity index (χ2n) is 6.99. The molecule has 0 spiro atoms. The van der Waals surface area contributed by atoms with Gasteiger partial charge in [-0.15, -0.1) is 0 Å². The minimum atomic E-state index is 0.0710. The topological polar surface area (TPSA) is 59.0 Å². The lowest BCUT2D eigenvalue weighted by atomic mass is 9.89. The minimum Gasteiger partial charge on any atom is -0.337 e. The molecule has 3 atom stereocenters. The van der Waals surface area contributed by atoms with Gasteiger partial charge >= 0.3 is 0 Å². The summed E-state index contributed by atoms with van der Waals surface area (Å²) in [6.07, 6.45) is 6.98. The van der Waals surface area contributed by atoms with E-state index in [-0.39, 0.29) is 5.91 Å². The molecule has 124 valence electrons. The molecular weight excluding hydrogens is 300 g/mol. The van der Waals surface area contributed by atoms with E-state index in [1.807, 2.05) is 36.2 Å². The second-order valence-corrected chi connectivity index (χ2v) is 6.99. The monoisotopic (exact) mass is 322 g/mol. The maximum absolute atomic E-state index is 12.6. The van der Waals surface area contributed by atoms with Crippen molar-refractivity contribution in [2.45, 2.75) is 26.2 Å². The number of rotatable bonds is 3. The van der Waals surface area contributed by atoms with E-state index in [9.17, 15) is 4.79 Å². The van der Waals surface area contributed by atoms with Crippen LogP contribution in [0, 0.1) is 24.7 Å². The maximum Gasteiger partial charge on any atom is 0.272 e. The summed E-state index contributed by atoms with van der Waals surface area (Å²) in [4.78, 5) is 27.6. The van der Waals surface area contributed by atoms with Crippen LogP contribution in [0.25, 0.3) is 0 Å². The predicted molar refractivity (Wildman–Crippen MR) is 90.3 cm³/mol. The first-order valence-corrected chi connectivity index (χ1v) is 8.69. The number of pyridine rings is 1. The molecule has 24 heavy (non-hydrogen) atoms. The number of hydrogen-bond donors (Lipinski definition) is 0. The van der Waals surface area contributed by atoms with E-state index in [1.54, 1.807) is 12.3 Å². The summed E-state index contributed by atoms with van der Waals surface area (Å²) < 4.78 is 0. The highest BCUT2D eigenvalue weighted by molar-refractivity contribution is 5.92. The van der Waals surface area contributed by atoms with Gasteiger partial charge in [-0.05, 0) is 62.1 Å². The molecule has 4 rings (SSSR count). The smallest absolute Gasteiger partial charge is 0.272 e. The Kier molecular flexibility index (Phi) is 4.00. The number of carbonyl (C=O) groups excluding carboxylic acids is 1. The van der Waals surface area contributed by atoms with Crippen molar-refractivity contribution in [1.29, 1.82) is 0 Å². The summed E-state index contributed by atoms with van der Waals surface area (Å²) in [5, 5.41) is 0. The summed E-state index contributed by atoms with van der Waals surface area (Å²) in [6.45, 7) is 3.66. The van der Waals surface area contributed by atoms with Crippen molar-refractivity contribution in [3.05, 3.63) is 53.9 Å². The van der Waals surface area contributed by atoms with Crippen LogP contribution >= 0.6 is 0 Å². The lowest BCUT2D eigenvalue weighted by Crippen LogP contribution is -2.31. The molecule has 2 aromatic rings. The van der Waals surface area contributed by atoms with E-state index in [2.05, 4.69) is 15.0 Å². The molecular formula is C19H22N4O. The van der Waals surface area contributed by atoms with Crippen LogP contribution in [-0.2, 0) is 6.42 Å². The number of nitrogens with zero attached hydrogens (tertiary/aromatic N) is 4. The number of likely N-dealkylation sites (tertiary alicyclic amines) is 1. The molecule has 5 nitrogen and oxygen atoms in total. The van der Waals surface area contributed by atoms with Gasteiger partial charge in [0, 0.05) is 31.2 Å². The van der Waals surface area contributed by atoms with Crippen LogP contribution in [0.4, 0.5) is 0 Å². The molecule has 1 saturated heterocycles. The van der Waals surface area contributed by atoms with Crippen molar-refractivity contribution in [1.82, 2.24) is 19.9 Å². The van der Waals surface area contributed by atoms with E-state index >= 15 is 0 Å². The quantitative estimate of drug-likeness (QED) is 0.871. The normalized spacial score (nSPS) is 25.7. The van der Waals surface area contributed by atoms with Crippen LogP contribution < -0.4 is 0 Å². The Labute approximate surface area is 142 Å². The summed E-state index contributed by atoms with van der Waals surface area (Å²) >= 11 is 0. The lowest BCUT2D eigenvalue weighted by molar-refractivity contribution is 0.0770. The number of amides is 1. The minimum absolute atomic E-state index is 0.0710. The third-order valence-corrected chi connectivity index (χ3v) is 5.48. The molecule has 3 heterocycles. The molecule has 0 N–H and O–H groups in total. The molecule has 2 aliphatic rings. The standard InChI is InChI=1S/C19H22N4O/c1-13-20-9-7-16(22-13)10-14-5-6-15-11-23(12-17(14)15)19(24)18-4-2-3-8-21-18/h2-4,7-9,14-15,17H,5-6,10-12H2,1H3/t14-,15-,17-/m1/s1. The number of aromatic nitrogens is 3. The fourth-order valence-electron chi connectivity index (χ4n) is 4.34. The van der Waals surface area contributed by atoms with Gasteiger partial charge in [-0.1, -0.05) is 6.07 Å². The summed E-state index contributed by atoms with van der Waals surface area (Å²) in [5.41, 5.74) is 1.68. The van der Waals surface area contributed by atoms with Crippen molar-refractivity contribution >= 4 is 5.91 Å². The van der Waals surface area contributed by atoms with Crippen molar-refractivity contribution in [3.63, 3.8) is 0 Å². The van der Waals surface area contributed by atoms with E-state index in [0.29, 0.717) is 23.4 Å². The highest BCUT2D eigenvalue weighted by atomic mass is 16.2. The zero-order valence-corrected chi connectivity index (χ0v) is 13.9. The van der Waals surface area contributed by atoms with Gasteiger partial charge in [0.25, 0.3) is 5.91 Å². The molecule has 2 fully saturated rings. The Bertz CT molecular complexity index is 733. The van der Waals surface area contributed by atoms with Crippen LogP contribution in [0.2, 0.25) is 0 Å². The van der Waals surface area contributed by atoms with E-state index in [0.717, 1.165) is 31.0 Å². The van der Waals surface area contributed by atoms with Gasteiger partial charge < -0.3 is 4.90 Å². The Morgan fingerprint density at radius 1 is 1.17 bits per heavy atom.